The Morgan fingerprint density at radius 1 is 1.03 bits per heavy atom. The second kappa shape index (κ2) is 10.6. The molecule has 1 aromatic rings. The molecule has 1 aromatic carbocycles. The lowest BCUT2D eigenvalue weighted by Crippen LogP contribution is -2.42. The molecule has 1 amide bonds. The molecule has 6 heteroatoms. The number of benzene rings is 1. The summed E-state index contributed by atoms with van der Waals surface area (Å²) in [6, 6.07) is 8.51. The van der Waals surface area contributed by atoms with E-state index in [4.69, 9.17) is 10.5 Å². The van der Waals surface area contributed by atoms with Crippen LogP contribution in [0.4, 0.5) is 16.2 Å². The maximum absolute atomic E-state index is 12.0. The van der Waals surface area contributed by atoms with Crippen molar-refractivity contribution in [3.8, 4) is 0 Å². The van der Waals surface area contributed by atoms with Gasteiger partial charge < -0.3 is 25.6 Å². The van der Waals surface area contributed by atoms with Gasteiger partial charge in [-0.05, 0) is 102 Å². The minimum Gasteiger partial charge on any atom is -0.444 e. The van der Waals surface area contributed by atoms with Crippen molar-refractivity contribution in [1.29, 1.82) is 0 Å². The highest BCUT2D eigenvalue weighted by atomic mass is 16.6. The van der Waals surface area contributed by atoms with E-state index < -0.39 is 5.60 Å². The van der Waals surface area contributed by atoms with E-state index in [2.05, 4.69) is 34.3 Å². The van der Waals surface area contributed by atoms with Gasteiger partial charge in [-0.15, -0.1) is 0 Å². The Labute approximate surface area is 188 Å². The van der Waals surface area contributed by atoms with Crippen LogP contribution in [0.2, 0.25) is 0 Å². The number of carbonyl (C=O) groups is 1. The highest BCUT2D eigenvalue weighted by Crippen LogP contribution is 2.27. The molecule has 3 N–H and O–H groups in total. The van der Waals surface area contributed by atoms with E-state index in [0.29, 0.717) is 0 Å². The monoisotopic (exact) mass is 430 g/mol. The summed E-state index contributed by atoms with van der Waals surface area (Å²) in [4.78, 5) is 17.0. The van der Waals surface area contributed by atoms with Gasteiger partial charge in [-0.3, -0.25) is 0 Å². The molecule has 1 saturated heterocycles. The molecule has 6 nitrogen and oxygen atoms in total. The second-order valence-electron chi connectivity index (χ2n) is 10.6. The highest BCUT2D eigenvalue weighted by molar-refractivity contribution is 5.68. The van der Waals surface area contributed by atoms with Crippen LogP contribution in [0, 0.1) is 11.8 Å². The zero-order valence-corrected chi connectivity index (χ0v) is 19.9. The van der Waals surface area contributed by atoms with Crippen molar-refractivity contribution in [2.24, 2.45) is 11.8 Å². The molecule has 2 aliphatic rings. The summed E-state index contributed by atoms with van der Waals surface area (Å²) >= 11 is 0. The third-order valence-corrected chi connectivity index (χ3v) is 6.58. The number of alkyl carbamates (subject to hydrolysis) is 1. The number of nitrogens with zero attached hydrogens (tertiary/aromatic N) is 2. The Kier molecular flexibility index (Phi) is 8.09. The molecule has 1 saturated carbocycles. The molecule has 1 heterocycles. The topological polar surface area (TPSA) is 70.8 Å². The van der Waals surface area contributed by atoms with E-state index in [9.17, 15) is 4.79 Å². The highest BCUT2D eigenvalue weighted by Gasteiger charge is 2.26. The summed E-state index contributed by atoms with van der Waals surface area (Å²) in [5.41, 5.74) is 7.50. The van der Waals surface area contributed by atoms with Crippen LogP contribution in [0.15, 0.2) is 24.3 Å². The predicted octanol–water partition coefficient (Wildman–Crippen LogP) is 4.50. The Hall–Kier alpha value is -1.95. The van der Waals surface area contributed by atoms with Crippen LogP contribution >= 0.6 is 0 Å². The molecule has 174 valence electrons. The van der Waals surface area contributed by atoms with E-state index in [-0.39, 0.29) is 12.1 Å². The Morgan fingerprint density at radius 3 is 2.13 bits per heavy atom. The first-order valence-corrected chi connectivity index (χ1v) is 12.0. The van der Waals surface area contributed by atoms with E-state index >= 15 is 0 Å². The normalized spacial score (nSPS) is 23.1. The summed E-state index contributed by atoms with van der Waals surface area (Å²) in [6.45, 7) is 10.3. The molecule has 0 atom stereocenters. The number of hydrogen-bond donors (Lipinski definition) is 2. The molecule has 2 fully saturated rings. The molecule has 0 radical (unpaired) electrons. The Morgan fingerprint density at radius 2 is 1.58 bits per heavy atom. The van der Waals surface area contributed by atoms with Crippen LogP contribution < -0.4 is 16.0 Å². The SMILES string of the molecule is CN(CC1CCC(NC(=O)OC(C)(C)C)CC1)CC1CCN(c2ccc(N)cc2)CC1. The number of amides is 1. The summed E-state index contributed by atoms with van der Waals surface area (Å²) in [6.07, 6.45) is 6.69. The molecule has 0 spiro atoms. The lowest BCUT2D eigenvalue weighted by atomic mass is 9.85. The zero-order valence-electron chi connectivity index (χ0n) is 19.9. The number of nitrogen functional groups attached to an aromatic ring is 1. The number of piperidine rings is 1. The molecule has 3 rings (SSSR count). The standard InChI is InChI=1S/C25H42N4O2/c1-25(2,3)31-24(30)27-22-9-5-19(6-10-22)17-28(4)18-20-13-15-29(16-14-20)23-11-7-21(26)8-12-23/h7-8,11-12,19-20,22H,5-6,9-10,13-18,26H2,1-4H3,(H,27,30). The quantitative estimate of drug-likeness (QED) is 0.650. The van der Waals surface area contributed by atoms with Crippen LogP contribution in [0.3, 0.4) is 0 Å². The number of carbonyl (C=O) groups excluding carboxylic acids is 1. The average molecular weight is 431 g/mol. The van der Waals surface area contributed by atoms with Crippen LogP contribution in [0.5, 0.6) is 0 Å². The number of nitrogens with one attached hydrogen (secondary N) is 1. The van der Waals surface area contributed by atoms with E-state index in [0.717, 1.165) is 50.0 Å². The average Bonchev–Trinajstić information content (AvgIpc) is 2.69. The van der Waals surface area contributed by atoms with Gasteiger partial charge in [0.15, 0.2) is 0 Å². The van der Waals surface area contributed by atoms with Gasteiger partial charge >= 0.3 is 6.09 Å². The number of nitrogens with two attached hydrogens (primary N) is 1. The smallest absolute Gasteiger partial charge is 0.407 e. The van der Waals surface area contributed by atoms with Gasteiger partial charge in [0, 0.05) is 43.6 Å². The van der Waals surface area contributed by atoms with Gasteiger partial charge in [0.1, 0.15) is 5.60 Å². The third-order valence-electron chi connectivity index (χ3n) is 6.58. The van der Waals surface area contributed by atoms with Crippen LogP contribution in [0.1, 0.15) is 59.3 Å². The number of hydrogen-bond acceptors (Lipinski definition) is 5. The van der Waals surface area contributed by atoms with Crippen LogP contribution in [-0.2, 0) is 4.74 Å². The molecular weight excluding hydrogens is 388 g/mol. The van der Waals surface area contributed by atoms with Crippen LogP contribution in [-0.4, -0.2) is 55.9 Å². The van der Waals surface area contributed by atoms with Crippen molar-refractivity contribution in [3.63, 3.8) is 0 Å². The van der Waals surface area contributed by atoms with Crippen molar-refractivity contribution in [3.05, 3.63) is 24.3 Å². The zero-order chi connectivity index (χ0) is 22.4. The maximum Gasteiger partial charge on any atom is 0.407 e. The fourth-order valence-electron chi connectivity index (χ4n) is 4.98. The van der Waals surface area contributed by atoms with E-state index in [1.54, 1.807) is 0 Å². The molecule has 1 aliphatic carbocycles. The molecule has 31 heavy (non-hydrogen) atoms. The molecular formula is C25H42N4O2. The lowest BCUT2D eigenvalue weighted by Gasteiger charge is -2.37. The summed E-state index contributed by atoms with van der Waals surface area (Å²) in [5, 5.41) is 3.05. The van der Waals surface area contributed by atoms with Crippen molar-refractivity contribution in [2.45, 2.75) is 70.9 Å². The van der Waals surface area contributed by atoms with E-state index in [1.165, 1.54) is 37.9 Å². The molecule has 1 aliphatic heterocycles. The minimum absolute atomic E-state index is 0.258. The number of rotatable bonds is 6. The van der Waals surface area contributed by atoms with Crippen LogP contribution in [0.25, 0.3) is 0 Å². The van der Waals surface area contributed by atoms with Gasteiger partial charge in [0.05, 0.1) is 0 Å². The summed E-state index contributed by atoms with van der Waals surface area (Å²) < 4.78 is 5.39. The van der Waals surface area contributed by atoms with Crippen molar-refractivity contribution >= 4 is 17.5 Å². The minimum atomic E-state index is -0.435. The molecule has 0 unspecified atom stereocenters. The molecule has 0 aromatic heterocycles. The number of ether oxygens (including phenoxy) is 1. The van der Waals surface area contributed by atoms with Gasteiger partial charge in [0.2, 0.25) is 0 Å². The fraction of sp³-hybridized carbons (Fsp3) is 0.720. The lowest BCUT2D eigenvalue weighted by molar-refractivity contribution is 0.0484. The van der Waals surface area contributed by atoms with Gasteiger partial charge in [-0.25, -0.2) is 4.79 Å². The predicted molar refractivity (Wildman–Crippen MR) is 128 cm³/mol. The van der Waals surface area contributed by atoms with E-state index in [1.807, 2.05) is 32.9 Å². The van der Waals surface area contributed by atoms with Gasteiger partial charge in [-0.1, -0.05) is 0 Å². The van der Waals surface area contributed by atoms with Gasteiger partial charge in [-0.2, -0.15) is 0 Å². The Bertz CT molecular complexity index is 684. The first kappa shape index (κ1) is 23.7. The molecule has 0 bridgehead atoms. The maximum atomic E-state index is 12.0. The van der Waals surface area contributed by atoms with Crippen molar-refractivity contribution in [1.82, 2.24) is 10.2 Å². The first-order chi connectivity index (χ1) is 14.7. The Balaban J connectivity index is 1.32. The second-order valence-corrected chi connectivity index (χ2v) is 10.6. The van der Waals surface area contributed by atoms with Crippen molar-refractivity contribution in [2.75, 3.05) is 43.9 Å². The number of anilines is 2. The third kappa shape index (κ3) is 7.91. The fourth-order valence-corrected chi connectivity index (χ4v) is 4.98. The van der Waals surface area contributed by atoms with Gasteiger partial charge in [0.25, 0.3) is 0 Å². The summed E-state index contributed by atoms with van der Waals surface area (Å²) in [7, 11) is 2.28. The first-order valence-electron chi connectivity index (χ1n) is 12.0. The largest absolute Gasteiger partial charge is 0.444 e. The van der Waals surface area contributed by atoms with Crippen molar-refractivity contribution < 1.29 is 9.53 Å². The summed E-state index contributed by atoms with van der Waals surface area (Å²) in [5.74, 6) is 1.51.